The van der Waals surface area contributed by atoms with Crippen molar-refractivity contribution in [3.05, 3.63) is 89.5 Å². The number of hydrogen-bond donors (Lipinski definition) is 2. The van der Waals surface area contributed by atoms with Crippen LogP contribution in [0, 0.1) is 47.1 Å². The summed E-state index contributed by atoms with van der Waals surface area (Å²) < 4.78 is 83.5. The van der Waals surface area contributed by atoms with Crippen LogP contribution in [0.2, 0.25) is 0 Å². The molecule has 2 saturated carbocycles. The van der Waals surface area contributed by atoms with Crippen LogP contribution in [0.15, 0.2) is 73.2 Å². The average molecular weight is 1080 g/mol. The molecule has 2 aliphatic carbocycles. The van der Waals surface area contributed by atoms with Gasteiger partial charge >= 0.3 is 27.8 Å². The topological polar surface area (TPSA) is 262 Å². The molecule has 1 amide bonds. The quantitative estimate of drug-likeness (QED) is 0.169. The van der Waals surface area contributed by atoms with Crippen LogP contribution < -0.4 is 21.6 Å². The fourth-order valence-corrected chi connectivity index (χ4v) is 11.6. The zero-order valence-corrected chi connectivity index (χ0v) is 40.0. The molecule has 67 heavy (non-hydrogen) atoms. The van der Waals surface area contributed by atoms with E-state index in [9.17, 15) is 31.6 Å². The van der Waals surface area contributed by atoms with E-state index in [4.69, 9.17) is 23.0 Å². The molecular weight excluding hydrogens is 1040 g/mol. The van der Waals surface area contributed by atoms with Gasteiger partial charge in [-0.05, 0) is 186 Å². The Bertz CT molecular complexity index is 3010. The highest BCUT2D eigenvalue weighted by molar-refractivity contribution is 9.10. The molecule has 10 rings (SSSR count). The highest BCUT2D eigenvalue weighted by atomic mass is 79.9. The van der Waals surface area contributed by atoms with Crippen molar-refractivity contribution in [3.8, 4) is 34.4 Å². The number of aromatic nitrogens is 8. The number of hydrogen-bond acceptors (Lipinski definition) is 17. The van der Waals surface area contributed by atoms with Gasteiger partial charge in [0.2, 0.25) is 11.6 Å². The highest BCUT2D eigenvalue weighted by Crippen LogP contribution is 2.44. The van der Waals surface area contributed by atoms with Crippen LogP contribution in [-0.2, 0) is 27.8 Å². The smallest absolute Gasteiger partial charge is 0.443 e. The number of nitrogens with zero attached hydrogens (tertiary/aromatic N) is 9. The van der Waals surface area contributed by atoms with Crippen molar-refractivity contribution in [1.29, 1.82) is 0 Å². The first-order valence-electron chi connectivity index (χ1n) is 21.3. The summed E-state index contributed by atoms with van der Waals surface area (Å²) in [6.45, 7) is 7.68. The normalized spacial score (nSPS) is 22.7. The van der Waals surface area contributed by atoms with Gasteiger partial charge in [0.1, 0.15) is 28.6 Å². The predicted octanol–water partition coefficient (Wildman–Crippen LogP) is 5.61. The number of ether oxygens (including phenoxy) is 1. The van der Waals surface area contributed by atoms with Crippen LogP contribution in [0.3, 0.4) is 0 Å². The number of rotatable bonds is 10. The van der Waals surface area contributed by atoms with Gasteiger partial charge in [-0.3, -0.25) is 9.05 Å². The van der Waals surface area contributed by atoms with E-state index in [0.29, 0.717) is 47.2 Å². The first-order valence-corrected chi connectivity index (χ1v) is 24.4. The summed E-state index contributed by atoms with van der Waals surface area (Å²) in [6.07, 6.45) is 3.89. The van der Waals surface area contributed by atoms with Crippen molar-refractivity contribution >= 4 is 48.2 Å². The van der Waals surface area contributed by atoms with Gasteiger partial charge < -0.3 is 10.1 Å². The number of carbonyl (C=O) groups excluding carboxylic acids is 1. The number of amides is 1. The highest BCUT2D eigenvalue weighted by Gasteiger charge is 2.46. The summed E-state index contributed by atoms with van der Waals surface area (Å²) in [5.74, 6) is 0.162. The number of nitrogens with one attached hydrogen (secondary N) is 2. The van der Waals surface area contributed by atoms with E-state index in [-0.39, 0.29) is 57.1 Å². The lowest BCUT2D eigenvalue weighted by Crippen LogP contribution is -2.44. The van der Waals surface area contributed by atoms with E-state index >= 15 is 0 Å². The maximum Gasteiger partial charge on any atom is 0.446 e. The molecule has 0 radical (unpaired) electrons. The Hall–Kier alpha value is -5.44. The zero-order valence-electron chi connectivity index (χ0n) is 36.0. The Balaban J connectivity index is 0.000000177. The third kappa shape index (κ3) is 9.94. The van der Waals surface area contributed by atoms with Gasteiger partial charge in [-0.15, -0.1) is 0 Å². The lowest BCUT2D eigenvalue weighted by molar-refractivity contribution is 0.0567. The molecular formula is C41H43Br2F2N11O10S. The number of carbonyl (C=O) groups is 1. The molecule has 356 valence electrons. The monoisotopic (exact) mass is 1080 g/mol. The maximum absolute atomic E-state index is 13.7. The van der Waals surface area contributed by atoms with Crippen LogP contribution in [0.25, 0.3) is 34.4 Å². The maximum atomic E-state index is 13.7. The second-order valence-corrected chi connectivity index (χ2v) is 21.6. The first-order chi connectivity index (χ1) is 31.9. The number of benzene rings is 2. The van der Waals surface area contributed by atoms with E-state index < -0.39 is 45.1 Å². The summed E-state index contributed by atoms with van der Waals surface area (Å²) in [5.41, 5.74) is 1.63. The summed E-state index contributed by atoms with van der Waals surface area (Å²) in [5, 5.41) is 27.2. The molecule has 2 N–H and O–H groups in total. The third-order valence-corrected chi connectivity index (χ3v) is 15.2. The lowest BCUT2D eigenvalue weighted by atomic mass is 9.98. The van der Waals surface area contributed by atoms with E-state index in [1.165, 1.54) is 45.3 Å². The predicted molar refractivity (Wildman–Crippen MR) is 236 cm³/mol. The zero-order chi connectivity index (χ0) is 47.4. The largest absolute Gasteiger partial charge is 0.446 e. The Morgan fingerprint density at radius 2 is 1.19 bits per heavy atom. The molecule has 0 spiro atoms. The molecule has 2 aliphatic heterocycles. The van der Waals surface area contributed by atoms with Crippen LogP contribution >= 0.6 is 31.9 Å². The van der Waals surface area contributed by atoms with E-state index in [1.54, 1.807) is 20.8 Å². The minimum atomic E-state index is -4.02. The van der Waals surface area contributed by atoms with Crippen molar-refractivity contribution < 1.29 is 45.0 Å². The number of fused-ring (bicyclic) bond motifs is 2. The van der Waals surface area contributed by atoms with E-state index in [1.807, 2.05) is 4.72 Å². The average Bonchev–Trinajstić information content (AvgIpc) is 4.11. The van der Waals surface area contributed by atoms with Crippen LogP contribution in [0.4, 0.5) is 13.6 Å². The second kappa shape index (κ2) is 18.6. The molecule has 4 atom stereocenters. The Labute approximate surface area is 396 Å². The molecule has 4 aromatic heterocycles. The Morgan fingerprint density at radius 1 is 0.746 bits per heavy atom. The third-order valence-electron chi connectivity index (χ3n) is 12.6. The van der Waals surface area contributed by atoms with Gasteiger partial charge in [-0.25, -0.2) is 46.3 Å². The molecule has 4 unspecified atom stereocenters. The fourth-order valence-electron chi connectivity index (χ4n) is 9.74. The molecule has 2 aromatic carbocycles. The van der Waals surface area contributed by atoms with Crippen LogP contribution in [-0.4, -0.2) is 90.7 Å². The van der Waals surface area contributed by atoms with Gasteiger partial charge in [0.05, 0.1) is 20.3 Å². The standard InChI is InChI=1S/C23H26BrFN6O7S.C18H17BrFN5O3/c1-23(2,3)36-21(32)29-39(34,35)30-10-13-6-12(7-14(13)11-30)8-18-19(27-38-26-18)20-28-37-22(33)31(20)15-4-5-17(25)16(24)9-15;19-13-6-12(1-2-14(13)20)25-17(24-27-18(25)26)16-15(22-28-23-16)5-9-3-10-7-21-8-11(10)4-9/h4-5,9,12-14H,6-8,10-11H2,1-3H3,(H,29,32);1-2,6,9-11,21H,3-5,7-8H2. The van der Waals surface area contributed by atoms with E-state index in [0.717, 1.165) is 55.2 Å². The van der Waals surface area contributed by atoms with Crippen molar-refractivity contribution in [2.24, 2.45) is 35.5 Å². The summed E-state index contributed by atoms with van der Waals surface area (Å²) in [7, 11) is -4.02. The summed E-state index contributed by atoms with van der Waals surface area (Å²) in [6, 6.07) is 8.24. The number of halogens is 4. The molecule has 4 fully saturated rings. The van der Waals surface area contributed by atoms with Gasteiger partial charge in [0.25, 0.3) is 0 Å². The first kappa shape index (κ1) is 46.7. The lowest BCUT2D eigenvalue weighted by Gasteiger charge is -2.22. The summed E-state index contributed by atoms with van der Waals surface area (Å²) in [4.78, 5) is 36.7. The van der Waals surface area contributed by atoms with Crippen LogP contribution in [0.5, 0.6) is 0 Å². The van der Waals surface area contributed by atoms with Gasteiger partial charge in [-0.2, -0.15) is 12.7 Å². The van der Waals surface area contributed by atoms with Crippen molar-refractivity contribution in [3.63, 3.8) is 0 Å². The second-order valence-electron chi connectivity index (χ2n) is 18.2. The van der Waals surface area contributed by atoms with Gasteiger partial charge in [-0.1, -0.05) is 20.6 Å². The van der Waals surface area contributed by atoms with Gasteiger partial charge in [0, 0.05) is 13.1 Å². The minimum absolute atomic E-state index is 0.0680. The molecule has 4 aliphatic rings. The van der Waals surface area contributed by atoms with E-state index in [2.05, 4.69) is 68.1 Å². The van der Waals surface area contributed by atoms with Crippen LogP contribution in [0.1, 0.15) is 57.8 Å². The molecule has 0 bridgehead atoms. The SMILES string of the molecule is CC(C)(C)OC(=O)NS(=O)(=O)N1CC2CC(Cc3nonc3-c3noc(=O)n3-c3ccc(F)c(Br)c3)CC2C1.O=c1onc(-c2nonc2CC2CC3CNCC3C2)n1-c1ccc(F)c(Br)c1. The minimum Gasteiger partial charge on any atom is -0.443 e. The molecule has 26 heteroatoms. The van der Waals surface area contributed by atoms with Gasteiger partial charge in [0.15, 0.2) is 11.4 Å². The molecule has 6 heterocycles. The van der Waals surface area contributed by atoms with Crippen molar-refractivity contribution in [2.75, 3.05) is 26.2 Å². The molecule has 21 nitrogen and oxygen atoms in total. The Morgan fingerprint density at radius 3 is 1.63 bits per heavy atom. The fraction of sp³-hybridized carbons (Fsp3) is 0.488. The molecule has 2 saturated heterocycles. The Kier molecular flexibility index (Phi) is 12.9. The van der Waals surface area contributed by atoms with Crippen molar-refractivity contribution in [1.82, 2.24) is 54.4 Å². The summed E-state index contributed by atoms with van der Waals surface area (Å²) >= 11 is 6.24. The molecule has 6 aromatic rings. The van der Waals surface area contributed by atoms with Crippen molar-refractivity contribution in [2.45, 2.75) is 64.9 Å².